The van der Waals surface area contributed by atoms with Crippen molar-refractivity contribution >= 4 is 29.1 Å². The Morgan fingerprint density at radius 3 is 2.31 bits per heavy atom. The number of ketones is 2. The number of esters is 1. The Labute approximate surface area is 171 Å². The minimum Gasteiger partial charge on any atom is -0.454 e. The van der Waals surface area contributed by atoms with Crippen LogP contribution in [0.4, 0.5) is 5.69 Å². The minimum absolute atomic E-state index is 0.0264. The Hall–Kier alpha value is -2.50. The van der Waals surface area contributed by atoms with E-state index in [1.54, 1.807) is 31.2 Å². The van der Waals surface area contributed by atoms with E-state index in [2.05, 4.69) is 5.32 Å². The molecule has 4 atom stereocenters. The van der Waals surface area contributed by atoms with Crippen LogP contribution in [0.2, 0.25) is 0 Å². The summed E-state index contributed by atoms with van der Waals surface area (Å²) in [6, 6.07) is 6.59. The quantitative estimate of drug-likeness (QED) is 0.554. The highest BCUT2D eigenvalue weighted by Crippen LogP contribution is 2.40. The van der Waals surface area contributed by atoms with E-state index < -0.39 is 6.10 Å². The summed E-state index contributed by atoms with van der Waals surface area (Å²) >= 11 is 0. The van der Waals surface area contributed by atoms with Crippen molar-refractivity contribution in [2.75, 3.05) is 5.32 Å². The largest absolute Gasteiger partial charge is 0.454 e. The lowest BCUT2D eigenvalue weighted by atomic mass is 9.67. The van der Waals surface area contributed by atoms with E-state index in [1.807, 2.05) is 6.92 Å². The Morgan fingerprint density at radius 2 is 1.72 bits per heavy atom. The van der Waals surface area contributed by atoms with Crippen molar-refractivity contribution in [3.8, 4) is 0 Å². The summed E-state index contributed by atoms with van der Waals surface area (Å²) in [5.41, 5.74) is 1.05. The third-order valence-electron chi connectivity index (χ3n) is 5.97. The number of anilines is 1. The first-order valence-electron chi connectivity index (χ1n) is 10.6. The number of Topliss-reactive ketones (excluding diaryl/α,β-unsaturated/α-hetero) is 2. The van der Waals surface area contributed by atoms with Gasteiger partial charge in [0.15, 0.2) is 6.10 Å². The molecule has 2 fully saturated rings. The van der Waals surface area contributed by atoms with Crippen molar-refractivity contribution < 1.29 is 23.9 Å². The standard InChI is InChI=1S/C23H29NO5/c1-3-5-20(25)24-19-10-8-15(9-11-19)21(26)14(2)29-23(28)18-12-16-6-4-7-17(13-18)22(16)27/h8-11,14,16-18H,3-7,12-13H2,1-2H3,(H,24,25)/t14-,16-,17+,18?/m0/s1. The summed E-state index contributed by atoms with van der Waals surface area (Å²) in [6.45, 7) is 3.51. The molecule has 2 bridgehead atoms. The monoisotopic (exact) mass is 399 g/mol. The number of benzene rings is 1. The van der Waals surface area contributed by atoms with Crippen LogP contribution in [0.5, 0.6) is 0 Å². The lowest BCUT2D eigenvalue weighted by Gasteiger charge is -2.36. The van der Waals surface area contributed by atoms with Gasteiger partial charge in [0.1, 0.15) is 5.78 Å². The van der Waals surface area contributed by atoms with Crippen molar-refractivity contribution in [2.24, 2.45) is 17.8 Å². The van der Waals surface area contributed by atoms with Gasteiger partial charge in [0.25, 0.3) is 0 Å². The average Bonchev–Trinajstić information content (AvgIpc) is 2.67. The molecular formula is C23H29NO5. The Morgan fingerprint density at radius 1 is 1.10 bits per heavy atom. The molecule has 1 unspecified atom stereocenters. The van der Waals surface area contributed by atoms with E-state index in [0.717, 1.165) is 25.7 Å². The molecule has 1 aromatic carbocycles. The zero-order valence-corrected chi connectivity index (χ0v) is 17.1. The molecule has 3 rings (SSSR count). The van der Waals surface area contributed by atoms with Crippen LogP contribution in [0.25, 0.3) is 0 Å². The van der Waals surface area contributed by atoms with Gasteiger partial charge < -0.3 is 10.1 Å². The van der Waals surface area contributed by atoms with Gasteiger partial charge in [0.2, 0.25) is 11.7 Å². The van der Waals surface area contributed by atoms with E-state index in [9.17, 15) is 19.2 Å². The van der Waals surface area contributed by atoms with E-state index in [1.165, 1.54) is 0 Å². The molecule has 6 nitrogen and oxygen atoms in total. The number of carbonyl (C=O) groups is 4. The van der Waals surface area contributed by atoms with Gasteiger partial charge in [-0.2, -0.15) is 0 Å². The summed E-state index contributed by atoms with van der Waals surface area (Å²) in [6.07, 6.45) is 4.17. The van der Waals surface area contributed by atoms with Crippen LogP contribution < -0.4 is 5.32 Å². The van der Waals surface area contributed by atoms with Crippen molar-refractivity contribution in [1.29, 1.82) is 0 Å². The van der Waals surface area contributed by atoms with Gasteiger partial charge in [-0.3, -0.25) is 19.2 Å². The molecule has 6 heteroatoms. The van der Waals surface area contributed by atoms with E-state index >= 15 is 0 Å². The first-order valence-corrected chi connectivity index (χ1v) is 10.6. The topological polar surface area (TPSA) is 89.5 Å². The van der Waals surface area contributed by atoms with E-state index in [4.69, 9.17) is 4.74 Å². The maximum absolute atomic E-state index is 12.6. The minimum atomic E-state index is -0.888. The van der Waals surface area contributed by atoms with Crippen LogP contribution >= 0.6 is 0 Å². The highest BCUT2D eigenvalue weighted by molar-refractivity contribution is 6.01. The lowest BCUT2D eigenvalue weighted by molar-refractivity contribution is -0.155. The molecular weight excluding hydrogens is 370 g/mol. The average molecular weight is 399 g/mol. The van der Waals surface area contributed by atoms with E-state index in [-0.39, 0.29) is 35.4 Å². The van der Waals surface area contributed by atoms with Crippen LogP contribution in [-0.4, -0.2) is 29.5 Å². The molecule has 0 heterocycles. The number of fused-ring (bicyclic) bond motifs is 2. The smallest absolute Gasteiger partial charge is 0.309 e. The molecule has 2 aliphatic carbocycles. The maximum Gasteiger partial charge on any atom is 0.309 e. The van der Waals surface area contributed by atoms with Crippen molar-refractivity contribution in [3.63, 3.8) is 0 Å². The summed E-state index contributed by atoms with van der Waals surface area (Å²) < 4.78 is 5.46. The second kappa shape index (κ2) is 9.33. The Kier molecular flexibility index (Phi) is 6.83. The molecule has 2 saturated carbocycles. The third-order valence-corrected chi connectivity index (χ3v) is 5.97. The van der Waals surface area contributed by atoms with Gasteiger partial charge in [0.05, 0.1) is 5.92 Å². The van der Waals surface area contributed by atoms with Gasteiger partial charge >= 0.3 is 5.97 Å². The normalized spacial score (nSPS) is 24.5. The number of carbonyl (C=O) groups excluding carboxylic acids is 4. The number of rotatable bonds is 7. The van der Waals surface area contributed by atoms with Crippen molar-refractivity contribution in [1.82, 2.24) is 0 Å². The molecule has 1 aromatic rings. The van der Waals surface area contributed by atoms with Crippen LogP contribution in [-0.2, 0) is 19.1 Å². The molecule has 2 aliphatic rings. The van der Waals surface area contributed by atoms with Crippen molar-refractivity contribution in [3.05, 3.63) is 29.8 Å². The van der Waals surface area contributed by atoms with Gasteiger partial charge in [-0.25, -0.2) is 0 Å². The fourth-order valence-corrected chi connectivity index (χ4v) is 4.40. The number of amides is 1. The zero-order valence-electron chi connectivity index (χ0n) is 17.1. The third kappa shape index (κ3) is 5.11. The molecule has 0 aromatic heterocycles. The Bertz CT molecular complexity index is 769. The van der Waals surface area contributed by atoms with Gasteiger partial charge in [-0.15, -0.1) is 0 Å². The first-order chi connectivity index (χ1) is 13.9. The van der Waals surface area contributed by atoms with Crippen LogP contribution in [0.3, 0.4) is 0 Å². The second-order valence-corrected chi connectivity index (χ2v) is 8.21. The number of hydrogen-bond acceptors (Lipinski definition) is 5. The fourth-order valence-electron chi connectivity index (χ4n) is 4.40. The molecule has 1 N–H and O–H groups in total. The first kappa shape index (κ1) is 21.2. The van der Waals surface area contributed by atoms with Gasteiger partial charge in [-0.05, 0) is 63.3 Å². The predicted octanol–water partition coefficient (Wildman–Crippen LogP) is 3.94. The SMILES string of the molecule is CCCC(=O)Nc1ccc(C(=O)[C@H](C)OC(=O)C2C[C@H]3CCC[C@@H](C2)C3=O)cc1. The highest BCUT2D eigenvalue weighted by Gasteiger charge is 2.42. The molecule has 0 radical (unpaired) electrons. The van der Waals surface area contributed by atoms with Crippen LogP contribution in [0, 0.1) is 17.8 Å². The molecule has 0 spiro atoms. The fraction of sp³-hybridized carbons (Fsp3) is 0.565. The molecule has 156 valence electrons. The van der Waals surface area contributed by atoms with E-state index in [0.29, 0.717) is 36.3 Å². The predicted molar refractivity (Wildman–Crippen MR) is 108 cm³/mol. The molecule has 1 amide bonds. The van der Waals surface area contributed by atoms with Crippen LogP contribution in [0.15, 0.2) is 24.3 Å². The number of hydrogen-bond donors (Lipinski definition) is 1. The highest BCUT2D eigenvalue weighted by atomic mass is 16.5. The van der Waals surface area contributed by atoms with Crippen LogP contribution in [0.1, 0.15) is 69.2 Å². The van der Waals surface area contributed by atoms with Gasteiger partial charge in [0, 0.05) is 29.5 Å². The molecule has 0 aliphatic heterocycles. The molecule has 29 heavy (non-hydrogen) atoms. The molecule has 0 saturated heterocycles. The number of ether oxygens (including phenoxy) is 1. The second-order valence-electron chi connectivity index (χ2n) is 8.21. The lowest BCUT2D eigenvalue weighted by Crippen LogP contribution is -2.40. The summed E-state index contributed by atoms with van der Waals surface area (Å²) in [4.78, 5) is 49.1. The Balaban J connectivity index is 1.55. The van der Waals surface area contributed by atoms with Gasteiger partial charge in [-0.1, -0.05) is 13.3 Å². The zero-order chi connectivity index (χ0) is 21.0. The maximum atomic E-state index is 12.6. The summed E-state index contributed by atoms with van der Waals surface area (Å²) in [7, 11) is 0. The number of nitrogens with one attached hydrogen (secondary N) is 1. The summed E-state index contributed by atoms with van der Waals surface area (Å²) in [5.74, 6) is -0.770. The summed E-state index contributed by atoms with van der Waals surface area (Å²) in [5, 5.41) is 2.77. The van der Waals surface area contributed by atoms with Crippen molar-refractivity contribution in [2.45, 2.75) is 64.9 Å².